The molecule has 0 bridgehead atoms. The van der Waals surface area contributed by atoms with Crippen molar-refractivity contribution in [1.29, 1.82) is 0 Å². The molecule has 3 aromatic rings. The Bertz CT molecular complexity index is 1180. The van der Waals surface area contributed by atoms with Crippen LogP contribution in [0.4, 0.5) is 24.7 Å². The Kier molecular flexibility index (Phi) is 6.76. The van der Waals surface area contributed by atoms with Crippen LogP contribution in [0.2, 0.25) is 5.02 Å². The first-order chi connectivity index (χ1) is 16.8. The van der Waals surface area contributed by atoms with Gasteiger partial charge in [0.05, 0.1) is 5.39 Å². The third-order valence-electron chi connectivity index (χ3n) is 7.10. The number of benzene rings is 1. The molecule has 2 fully saturated rings. The number of hydrogen-bond donors (Lipinski definition) is 1. The molecule has 188 valence electrons. The first kappa shape index (κ1) is 24.1. The van der Waals surface area contributed by atoms with E-state index >= 15 is 0 Å². The number of aromatic nitrogens is 4. The van der Waals surface area contributed by atoms with E-state index in [1.807, 2.05) is 11.0 Å². The van der Waals surface area contributed by atoms with E-state index in [1.165, 1.54) is 43.4 Å². The first-order valence-electron chi connectivity index (χ1n) is 12.1. The van der Waals surface area contributed by atoms with Gasteiger partial charge in [-0.3, -0.25) is 5.10 Å². The second kappa shape index (κ2) is 9.81. The number of alkyl halides is 3. The van der Waals surface area contributed by atoms with Crippen LogP contribution in [0, 0.1) is 6.92 Å². The molecule has 2 aliphatic rings. The highest BCUT2D eigenvalue weighted by Crippen LogP contribution is 2.37. The van der Waals surface area contributed by atoms with E-state index in [0.717, 1.165) is 30.1 Å². The van der Waals surface area contributed by atoms with Crippen LogP contribution in [0.3, 0.4) is 0 Å². The Labute approximate surface area is 207 Å². The Hall–Kier alpha value is -2.59. The van der Waals surface area contributed by atoms with Crippen LogP contribution in [-0.4, -0.2) is 70.9 Å². The van der Waals surface area contributed by atoms with Crippen molar-refractivity contribution in [3.63, 3.8) is 0 Å². The predicted molar refractivity (Wildman–Crippen MR) is 131 cm³/mol. The van der Waals surface area contributed by atoms with Crippen molar-refractivity contribution >= 4 is 34.1 Å². The van der Waals surface area contributed by atoms with Gasteiger partial charge in [-0.05, 0) is 75.5 Å². The van der Waals surface area contributed by atoms with Crippen molar-refractivity contribution in [3.8, 4) is 0 Å². The van der Waals surface area contributed by atoms with E-state index < -0.39 is 11.9 Å². The summed E-state index contributed by atoms with van der Waals surface area (Å²) < 4.78 is 40.5. The van der Waals surface area contributed by atoms with Gasteiger partial charge in [0.2, 0.25) is 0 Å². The lowest BCUT2D eigenvalue weighted by Crippen LogP contribution is -2.47. The number of anilines is 2. The zero-order valence-corrected chi connectivity index (χ0v) is 20.5. The summed E-state index contributed by atoms with van der Waals surface area (Å²) >= 11 is 6.50. The minimum absolute atomic E-state index is 0.0762. The highest BCUT2D eigenvalue weighted by molar-refractivity contribution is 6.31. The molecule has 1 N–H and O–H groups in total. The van der Waals surface area contributed by atoms with E-state index in [-0.39, 0.29) is 16.9 Å². The van der Waals surface area contributed by atoms with Gasteiger partial charge in [0, 0.05) is 36.9 Å². The van der Waals surface area contributed by atoms with E-state index in [1.54, 1.807) is 0 Å². The number of halogens is 4. The quantitative estimate of drug-likeness (QED) is 0.522. The van der Waals surface area contributed by atoms with Gasteiger partial charge in [0.15, 0.2) is 11.3 Å². The number of likely N-dealkylation sites (tertiary alicyclic amines) is 1. The number of fused-ring (bicyclic) bond motifs is 1. The highest BCUT2D eigenvalue weighted by atomic mass is 35.5. The monoisotopic (exact) mass is 507 g/mol. The van der Waals surface area contributed by atoms with Crippen molar-refractivity contribution in [1.82, 2.24) is 25.1 Å². The molecule has 0 spiro atoms. The summed E-state index contributed by atoms with van der Waals surface area (Å²) in [7, 11) is 0. The maximum absolute atomic E-state index is 13.5. The molecular weight excluding hydrogens is 479 g/mol. The fraction of sp³-hybridized carbons (Fsp3) is 0.542. The Morgan fingerprint density at radius 2 is 1.71 bits per heavy atom. The van der Waals surface area contributed by atoms with Crippen LogP contribution in [0.1, 0.15) is 36.1 Å². The SMILES string of the molecule is Cc1c(CCCN2CCCC2)cc(Cl)cc1N1CCN(c2ncnc3[nH]nc(C(F)(F)F)c23)CC1. The summed E-state index contributed by atoms with van der Waals surface area (Å²) in [5.41, 5.74) is 2.70. The van der Waals surface area contributed by atoms with E-state index in [0.29, 0.717) is 26.2 Å². The van der Waals surface area contributed by atoms with Crippen LogP contribution in [0.5, 0.6) is 0 Å². The number of piperazine rings is 1. The number of nitrogens with one attached hydrogen (secondary N) is 1. The average molecular weight is 508 g/mol. The van der Waals surface area contributed by atoms with E-state index in [9.17, 15) is 13.2 Å². The molecule has 0 saturated carbocycles. The van der Waals surface area contributed by atoms with Crippen LogP contribution in [-0.2, 0) is 12.6 Å². The molecule has 1 aromatic carbocycles. The van der Waals surface area contributed by atoms with Gasteiger partial charge in [-0.2, -0.15) is 18.3 Å². The van der Waals surface area contributed by atoms with Crippen LogP contribution in [0.15, 0.2) is 18.5 Å². The van der Waals surface area contributed by atoms with Gasteiger partial charge in [-0.1, -0.05) is 11.6 Å². The second-order valence-electron chi connectivity index (χ2n) is 9.33. The number of rotatable bonds is 6. The molecule has 0 aliphatic carbocycles. The Balaban J connectivity index is 1.30. The standard InChI is InChI=1S/C24H29ClF3N7/c1-16-17(5-4-8-33-6-2-3-7-33)13-18(25)14-19(16)34-9-11-35(12-10-34)23-20-21(24(26,27)28)31-32-22(20)29-15-30-23/h13-15H,2-12H2,1H3,(H,29,30,31,32). The lowest BCUT2D eigenvalue weighted by Gasteiger charge is -2.38. The smallest absolute Gasteiger partial charge is 0.368 e. The summed E-state index contributed by atoms with van der Waals surface area (Å²) in [5.74, 6) is 0.265. The van der Waals surface area contributed by atoms with Gasteiger partial charge in [-0.15, -0.1) is 0 Å². The van der Waals surface area contributed by atoms with Gasteiger partial charge >= 0.3 is 6.18 Å². The molecule has 2 aliphatic heterocycles. The van der Waals surface area contributed by atoms with Crippen molar-refractivity contribution in [2.45, 2.75) is 38.8 Å². The Morgan fingerprint density at radius 1 is 1.00 bits per heavy atom. The molecular formula is C24H29ClF3N7. The normalized spacial score (nSPS) is 17.6. The summed E-state index contributed by atoms with van der Waals surface area (Å²) in [5, 5.41) is 6.49. The van der Waals surface area contributed by atoms with Crippen LogP contribution in [0.25, 0.3) is 11.0 Å². The lowest BCUT2D eigenvalue weighted by molar-refractivity contribution is -0.139. The molecule has 0 amide bonds. The fourth-order valence-corrected chi connectivity index (χ4v) is 5.49. The Morgan fingerprint density at radius 3 is 2.43 bits per heavy atom. The zero-order valence-electron chi connectivity index (χ0n) is 19.7. The number of hydrogen-bond acceptors (Lipinski definition) is 6. The lowest BCUT2D eigenvalue weighted by atomic mass is 10.0. The molecule has 2 aromatic heterocycles. The number of H-pyrrole nitrogens is 1. The first-order valence-corrected chi connectivity index (χ1v) is 12.5. The van der Waals surface area contributed by atoms with Gasteiger partial charge < -0.3 is 14.7 Å². The molecule has 11 heteroatoms. The maximum Gasteiger partial charge on any atom is 0.435 e. The van der Waals surface area contributed by atoms with Crippen molar-refractivity contribution in [2.24, 2.45) is 0 Å². The van der Waals surface area contributed by atoms with Crippen LogP contribution >= 0.6 is 11.6 Å². The third-order valence-corrected chi connectivity index (χ3v) is 7.32. The number of aryl methyl sites for hydroxylation is 1. The predicted octanol–water partition coefficient (Wildman–Crippen LogP) is 4.69. The minimum Gasteiger partial charge on any atom is -0.368 e. The topological polar surface area (TPSA) is 64.2 Å². The zero-order chi connectivity index (χ0) is 24.6. The molecule has 0 atom stereocenters. The van der Waals surface area contributed by atoms with Crippen LogP contribution < -0.4 is 9.80 Å². The minimum atomic E-state index is -4.58. The van der Waals surface area contributed by atoms with Gasteiger partial charge in [0.25, 0.3) is 0 Å². The summed E-state index contributed by atoms with van der Waals surface area (Å²) in [6.45, 7) is 8.02. The third kappa shape index (κ3) is 5.04. The van der Waals surface area contributed by atoms with Crippen molar-refractivity contribution in [2.75, 3.05) is 55.6 Å². The second-order valence-corrected chi connectivity index (χ2v) is 9.76. The molecule has 0 radical (unpaired) electrons. The molecule has 0 unspecified atom stereocenters. The number of nitrogens with zero attached hydrogens (tertiary/aromatic N) is 6. The molecule has 7 nitrogen and oxygen atoms in total. The molecule has 5 rings (SSSR count). The molecule has 2 saturated heterocycles. The average Bonchev–Trinajstić information content (AvgIpc) is 3.51. The van der Waals surface area contributed by atoms with Gasteiger partial charge in [-0.25, -0.2) is 9.97 Å². The number of aromatic amines is 1. The van der Waals surface area contributed by atoms with E-state index in [4.69, 9.17) is 11.6 Å². The maximum atomic E-state index is 13.5. The summed E-state index contributed by atoms with van der Waals surface area (Å²) in [4.78, 5) is 14.8. The highest BCUT2D eigenvalue weighted by Gasteiger charge is 2.38. The largest absolute Gasteiger partial charge is 0.435 e. The summed E-state index contributed by atoms with van der Waals surface area (Å²) in [6.07, 6.45) is 1.37. The fourth-order valence-electron chi connectivity index (χ4n) is 5.26. The van der Waals surface area contributed by atoms with E-state index in [2.05, 4.69) is 43.0 Å². The van der Waals surface area contributed by atoms with Crippen molar-refractivity contribution < 1.29 is 13.2 Å². The van der Waals surface area contributed by atoms with Gasteiger partial charge in [0.1, 0.15) is 12.1 Å². The summed E-state index contributed by atoms with van der Waals surface area (Å²) in [6, 6.07) is 4.06. The molecule has 35 heavy (non-hydrogen) atoms. The van der Waals surface area contributed by atoms with Crippen molar-refractivity contribution in [3.05, 3.63) is 40.3 Å². The molecule has 4 heterocycles.